The van der Waals surface area contributed by atoms with Crippen LogP contribution in [0, 0.1) is 23.2 Å². The minimum absolute atomic E-state index is 0.0500. The standard InChI is InChI=1S/C25H48O4Si/c1-15-17(2)21(29-30(13,14)24(8,9)10)19(4)22(27)25(11,12)18(3)16-20(26)28-23(5,6)7/h15,17-19,21H,1,16H2,2-14H3/t17-,18-,19+,21+/m0/s1. The zero-order chi connectivity index (χ0) is 24.3. The van der Waals surface area contributed by atoms with Crippen molar-refractivity contribution < 1.29 is 18.8 Å². The molecular formula is C25H48O4Si. The summed E-state index contributed by atoms with van der Waals surface area (Å²) in [7, 11) is -2.07. The topological polar surface area (TPSA) is 52.6 Å². The molecule has 0 saturated carbocycles. The van der Waals surface area contributed by atoms with Crippen LogP contribution in [0.2, 0.25) is 18.1 Å². The molecule has 4 atom stereocenters. The third kappa shape index (κ3) is 7.95. The van der Waals surface area contributed by atoms with Gasteiger partial charge in [0.2, 0.25) is 0 Å². The summed E-state index contributed by atoms with van der Waals surface area (Å²) < 4.78 is 12.2. The highest BCUT2D eigenvalue weighted by molar-refractivity contribution is 6.74. The molecule has 0 spiro atoms. The van der Waals surface area contributed by atoms with Crippen molar-refractivity contribution in [2.45, 2.75) is 112 Å². The van der Waals surface area contributed by atoms with Crippen LogP contribution in [-0.4, -0.2) is 31.8 Å². The van der Waals surface area contributed by atoms with Crippen molar-refractivity contribution in [3.63, 3.8) is 0 Å². The molecule has 0 aliphatic heterocycles. The molecule has 0 saturated heterocycles. The van der Waals surface area contributed by atoms with Gasteiger partial charge in [-0.05, 0) is 50.7 Å². The zero-order valence-electron chi connectivity index (χ0n) is 21.9. The third-order valence-corrected chi connectivity index (χ3v) is 11.3. The van der Waals surface area contributed by atoms with Gasteiger partial charge in [0.15, 0.2) is 8.32 Å². The summed E-state index contributed by atoms with van der Waals surface area (Å²) in [6, 6.07) is 0. The third-order valence-electron chi connectivity index (χ3n) is 6.79. The number of hydrogen-bond acceptors (Lipinski definition) is 4. The van der Waals surface area contributed by atoms with E-state index >= 15 is 0 Å². The molecule has 4 nitrogen and oxygen atoms in total. The molecule has 30 heavy (non-hydrogen) atoms. The SMILES string of the molecule is C=C[C@H](C)[C@@H](O[Si](C)(C)C(C)(C)C)[C@@H](C)C(=O)C(C)(C)[C@@H](C)CC(=O)OC(C)(C)C. The van der Waals surface area contributed by atoms with Crippen LogP contribution in [0.5, 0.6) is 0 Å². The van der Waals surface area contributed by atoms with E-state index in [1.54, 1.807) is 0 Å². The molecule has 0 rings (SSSR count). The van der Waals surface area contributed by atoms with Gasteiger partial charge in [-0.25, -0.2) is 0 Å². The average molecular weight is 441 g/mol. The Hall–Kier alpha value is -0.943. The van der Waals surface area contributed by atoms with Crippen LogP contribution in [0.4, 0.5) is 0 Å². The monoisotopic (exact) mass is 440 g/mol. The Morgan fingerprint density at radius 2 is 1.43 bits per heavy atom. The van der Waals surface area contributed by atoms with Gasteiger partial charge in [-0.3, -0.25) is 9.59 Å². The van der Waals surface area contributed by atoms with Gasteiger partial charge in [0.05, 0.1) is 6.10 Å². The number of ether oxygens (including phenoxy) is 1. The van der Waals surface area contributed by atoms with E-state index in [1.165, 1.54) is 0 Å². The van der Waals surface area contributed by atoms with Crippen molar-refractivity contribution in [3.05, 3.63) is 12.7 Å². The molecule has 0 amide bonds. The summed E-state index contributed by atoms with van der Waals surface area (Å²) in [5.41, 5.74) is -1.20. The number of ketones is 1. The Morgan fingerprint density at radius 1 is 0.967 bits per heavy atom. The fourth-order valence-electron chi connectivity index (χ4n) is 3.18. The Balaban J connectivity index is 5.63. The quantitative estimate of drug-likeness (QED) is 0.213. The lowest BCUT2D eigenvalue weighted by Gasteiger charge is -2.43. The van der Waals surface area contributed by atoms with Gasteiger partial charge in [-0.2, -0.15) is 0 Å². The van der Waals surface area contributed by atoms with Crippen LogP contribution in [-0.2, 0) is 18.8 Å². The number of rotatable bonds is 10. The minimum Gasteiger partial charge on any atom is -0.460 e. The minimum atomic E-state index is -2.07. The van der Waals surface area contributed by atoms with Gasteiger partial charge < -0.3 is 9.16 Å². The number of carbonyl (C=O) groups excluding carboxylic acids is 2. The summed E-state index contributed by atoms with van der Waals surface area (Å²) in [6.45, 7) is 30.4. The Bertz CT molecular complexity index is 608. The summed E-state index contributed by atoms with van der Waals surface area (Å²) in [5, 5.41) is 0.0500. The number of hydrogen-bond donors (Lipinski definition) is 0. The number of esters is 1. The molecule has 0 aromatic carbocycles. The van der Waals surface area contributed by atoms with Crippen molar-refractivity contribution in [1.29, 1.82) is 0 Å². The molecule has 0 aromatic heterocycles. The lowest BCUT2D eigenvalue weighted by atomic mass is 9.69. The molecule has 0 bridgehead atoms. The first-order chi connectivity index (χ1) is 13.2. The first-order valence-corrected chi connectivity index (χ1v) is 14.1. The molecule has 0 N–H and O–H groups in total. The Morgan fingerprint density at radius 3 is 1.80 bits per heavy atom. The molecule has 0 radical (unpaired) electrons. The molecule has 0 aromatic rings. The summed E-state index contributed by atoms with van der Waals surface area (Å²) >= 11 is 0. The second kappa shape index (κ2) is 10.1. The van der Waals surface area contributed by atoms with Crippen molar-refractivity contribution in [2.24, 2.45) is 23.2 Å². The average Bonchev–Trinajstić information content (AvgIpc) is 2.54. The molecule has 176 valence electrons. The molecule has 0 heterocycles. The maximum absolute atomic E-state index is 13.6. The lowest BCUT2D eigenvalue weighted by Crippen LogP contribution is -2.50. The highest BCUT2D eigenvalue weighted by Gasteiger charge is 2.45. The summed E-state index contributed by atoms with van der Waals surface area (Å²) in [4.78, 5) is 25.9. The van der Waals surface area contributed by atoms with Crippen LogP contribution < -0.4 is 0 Å². The maximum atomic E-state index is 13.6. The van der Waals surface area contributed by atoms with Gasteiger partial charge in [0.1, 0.15) is 11.4 Å². The highest BCUT2D eigenvalue weighted by atomic mass is 28.4. The van der Waals surface area contributed by atoms with Crippen LogP contribution in [0.15, 0.2) is 12.7 Å². The van der Waals surface area contributed by atoms with E-state index in [4.69, 9.17) is 9.16 Å². The van der Waals surface area contributed by atoms with Crippen molar-refractivity contribution >= 4 is 20.1 Å². The van der Waals surface area contributed by atoms with E-state index < -0.39 is 19.3 Å². The molecular weight excluding hydrogens is 392 g/mol. The Kier molecular flexibility index (Phi) is 9.80. The van der Waals surface area contributed by atoms with E-state index in [-0.39, 0.29) is 47.1 Å². The molecule has 0 aliphatic rings. The fourth-order valence-corrected chi connectivity index (χ4v) is 4.64. The molecule has 5 heteroatoms. The molecule has 0 aliphatic carbocycles. The first kappa shape index (κ1) is 29.1. The second-order valence-corrected chi connectivity index (χ2v) is 16.8. The smallest absolute Gasteiger partial charge is 0.306 e. The zero-order valence-corrected chi connectivity index (χ0v) is 22.9. The first-order valence-electron chi connectivity index (χ1n) is 11.2. The van der Waals surface area contributed by atoms with Crippen LogP contribution >= 0.6 is 0 Å². The van der Waals surface area contributed by atoms with E-state index in [2.05, 4.69) is 47.4 Å². The fraction of sp³-hybridized carbons (Fsp3) is 0.840. The van der Waals surface area contributed by atoms with Gasteiger partial charge >= 0.3 is 5.97 Å². The predicted molar refractivity (Wildman–Crippen MR) is 129 cm³/mol. The number of carbonyl (C=O) groups is 2. The van der Waals surface area contributed by atoms with Gasteiger partial charge in [0, 0.05) is 17.8 Å². The van der Waals surface area contributed by atoms with Gasteiger partial charge in [-0.1, -0.05) is 61.5 Å². The van der Waals surface area contributed by atoms with Crippen molar-refractivity contribution in [3.8, 4) is 0 Å². The lowest BCUT2D eigenvalue weighted by molar-refractivity contribution is -0.157. The summed E-state index contributed by atoms with van der Waals surface area (Å²) in [6.07, 6.45) is 1.86. The number of Topliss-reactive ketones (excluding diaryl/α,β-unsaturated/α-hetero) is 1. The van der Waals surface area contributed by atoms with E-state index in [0.717, 1.165) is 0 Å². The normalized spacial score (nSPS) is 17.6. The van der Waals surface area contributed by atoms with E-state index in [9.17, 15) is 9.59 Å². The maximum Gasteiger partial charge on any atom is 0.306 e. The summed E-state index contributed by atoms with van der Waals surface area (Å²) in [5.74, 6) is -0.541. The van der Waals surface area contributed by atoms with E-state index in [1.807, 2.05) is 54.5 Å². The molecule has 0 fully saturated rings. The Labute approximate surface area is 187 Å². The van der Waals surface area contributed by atoms with Crippen LogP contribution in [0.1, 0.15) is 82.6 Å². The van der Waals surface area contributed by atoms with Gasteiger partial charge in [0.25, 0.3) is 0 Å². The predicted octanol–water partition coefficient (Wildman–Crippen LogP) is 6.80. The van der Waals surface area contributed by atoms with E-state index in [0.29, 0.717) is 0 Å². The second-order valence-electron chi connectivity index (χ2n) is 12.0. The largest absolute Gasteiger partial charge is 0.460 e. The molecule has 0 unspecified atom stereocenters. The van der Waals surface area contributed by atoms with Crippen LogP contribution in [0.3, 0.4) is 0 Å². The van der Waals surface area contributed by atoms with Crippen LogP contribution in [0.25, 0.3) is 0 Å². The van der Waals surface area contributed by atoms with Crippen molar-refractivity contribution in [1.82, 2.24) is 0 Å². The highest BCUT2D eigenvalue weighted by Crippen LogP contribution is 2.41. The van der Waals surface area contributed by atoms with Crippen molar-refractivity contribution in [2.75, 3.05) is 0 Å². The van der Waals surface area contributed by atoms with Gasteiger partial charge in [-0.15, -0.1) is 6.58 Å².